The fourth-order valence-electron chi connectivity index (χ4n) is 6.91. The first-order chi connectivity index (χ1) is 16.0. The lowest BCUT2D eigenvalue weighted by atomic mass is 9.82. The SMILES string of the molecule is Fc1cc(F)c(F)c(-c2ccc(N[C@H]3C[C@@H]4CN(C[C@]56CCC[C@H]5OCC6)C[C@@H]4C3)nn2)c1. The minimum Gasteiger partial charge on any atom is -0.378 e. The predicted molar refractivity (Wildman–Crippen MR) is 118 cm³/mol. The minimum atomic E-state index is -1.23. The third-order valence-electron chi connectivity index (χ3n) is 8.39. The molecule has 5 nitrogen and oxygen atoms in total. The second-order valence-corrected chi connectivity index (χ2v) is 10.4. The zero-order valence-corrected chi connectivity index (χ0v) is 18.6. The van der Waals surface area contributed by atoms with Gasteiger partial charge in [0.2, 0.25) is 0 Å². The van der Waals surface area contributed by atoms with Crippen LogP contribution in [0.5, 0.6) is 0 Å². The Bertz CT molecular complexity index is 1010. The molecule has 2 saturated carbocycles. The van der Waals surface area contributed by atoms with Gasteiger partial charge in [-0.15, -0.1) is 10.2 Å². The molecule has 0 spiro atoms. The van der Waals surface area contributed by atoms with Gasteiger partial charge in [0.15, 0.2) is 11.6 Å². The van der Waals surface area contributed by atoms with E-state index in [1.807, 2.05) is 0 Å². The van der Waals surface area contributed by atoms with Crippen LogP contribution in [0.2, 0.25) is 0 Å². The summed E-state index contributed by atoms with van der Waals surface area (Å²) in [5.74, 6) is -1.21. The largest absolute Gasteiger partial charge is 0.378 e. The van der Waals surface area contributed by atoms with Gasteiger partial charge in [-0.2, -0.15) is 0 Å². The Balaban J connectivity index is 1.05. The Morgan fingerprint density at radius 3 is 2.64 bits per heavy atom. The first-order valence-corrected chi connectivity index (χ1v) is 12.1. The molecule has 0 unspecified atom stereocenters. The van der Waals surface area contributed by atoms with Crippen molar-refractivity contribution >= 4 is 5.82 Å². The quantitative estimate of drug-likeness (QED) is 0.662. The molecule has 33 heavy (non-hydrogen) atoms. The Morgan fingerprint density at radius 1 is 1.06 bits per heavy atom. The van der Waals surface area contributed by atoms with Gasteiger partial charge in [-0.1, -0.05) is 6.42 Å². The molecular weight excluding hydrogens is 429 g/mol. The summed E-state index contributed by atoms with van der Waals surface area (Å²) in [5, 5.41) is 11.6. The minimum absolute atomic E-state index is 0.107. The third-order valence-corrected chi connectivity index (χ3v) is 8.39. The number of aromatic nitrogens is 2. The van der Waals surface area contributed by atoms with Crippen molar-refractivity contribution in [3.8, 4) is 11.3 Å². The third kappa shape index (κ3) is 3.91. The highest BCUT2D eigenvalue weighted by Crippen LogP contribution is 2.49. The van der Waals surface area contributed by atoms with Crippen molar-refractivity contribution in [3.63, 3.8) is 0 Å². The number of hydrogen-bond acceptors (Lipinski definition) is 5. The van der Waals surface area contributed by atoms with Gasteiger partial charge >= 0.3 is 0 Å². The van der Waals surface area contributed by atoms with Gasteiger partial charge in [0.1, 0.15) is 11.6 Å². The van der Waals surface area contributed by atoms with Gasteiger partial charge in [-0.05, 0) is 62.1 Å². The smallest absolute Gasteiger partial charge is 0.168 e. The summed E-state index contributed by atoms with van der Waals surface area (Å²) in [7, 11) is 0. The van der Waals surface area contributed by atoms with E-state index in [-0.39, 0.29) is 11.3 Å². The molecule has 4 aliphatic rings. The summed E-state index contributed by atoms with van der Waals surface area (Å²) in [6, 6.07) is 5.03. The molecule has 1 aromatic heterocycles. The molecule has 2 aromatic rings. The van der Waals surface area contributed by atoms with E-state index in [1.165, 1.54) is 32.2 Å². The van der Waals surface area contributed by atoms with Crippen LogP contribution >= 0.6 is 0 Å². The molecule has 2 aliphatic carbocycles. The average molecular weight is 459 g/mol. The summed E-state index contributed by atoms with van der Waals surface area (Å²) in [6.07, 6.45) is 7.74. The highest BCUT2D eigenvalue weighted by Gasteiger charge is 2.50. The molecule has 176 valence electrons. The number of fused-ring (bicyclic) bond motifs is 2. The predicted octanol–water partition coefficient (Wildman–Crippen LogP) is 4.64. The van der Waals surface area contributed by atoms with Gasteiger partial charge < -0.3 is 15.0 Å². The van der Waals surface area contributed by atoms with Crippen LogP contribution in [-0.4, -0.2) is 53.5 Å². The normalized spacial score (nSPS) is 33.4. The van der Waals surface area contributed by atoms with E-state index in [0.29, 0.717) is 41.3 Å². The van der Waals surface area contributed by atoms with Crippen LogP contribution < -0.4 is 5.32 Å². The van der Waals surface area contributed by atoms with Crippen LogP contribution in [0.3, 0.4) is 0 Å². The number of anilines is 1. The summed E-state index contributed by atoms with van der Waals surface area (Å²) in [6.45, 7) is 4.43. The molecule has 1 N–H and O–H groups in total. The molecule has 0 radical (unpaired) electrons. The maximum Gasteiger partial charge on any atom is 0.168 e. The summed E-state index contributed by atoms with van der Waals surface area (Å²) < 4.78 is 47.0. The zero-order chi connectivity index (χ0) is 22.6. The fourth-order valence-corrected chi connectivity index (χ4v) is 6.91. The molecule has 4 fully saturated rings. The van der Waals surface area contributed by atoms with E-state index in [4.69, 9.17) is 4.74 Å². The van der Waals surface area contributed by atoms with Crippen LogP contribution in [0.4, 0.5) is 19.0 Å². The van der Waals surface area contributed by atoms with E-state index >= 15 is 0 Å². The molecule has 6 rings (SSSR count). The Hall–Kier alpha value is -2.19. The number of likely N-dealkylation sites (tertiary alicyclic amines) is 1. The van der Waals surface area contributed by atoms with Crippen molar-refractivity contribution in [2.45, 2.75) is 50.7 Å². The van der Waals surface area contributed by atoms with Crippen LogP contribution in [0.15, 0.2) is 24.3 Å². The molecule has 8 heteroatoms. The van der Waals surface area contributed by atoms with Crippen LogP contribution in [-0.2, 0) is 4.74 Å². The molecule has 0 amide bonds. The van der Waals surface area contributed by atoms with Gasteiger partial charge in [0, 0.05) is 49.3 Å². The second-order valence-electron chi connectivity index (χ2n) is 10.4. The second kappa shape index (κ2) is 8.24. The number of benzene rings is 1. The maximum atomic E-state index is 14.0. The van der Waals surface area contributed by atoms with Crippen molar-refractivity contribution in [1.29, 1.82) is 0 Å². The number of nitrogens with one attached hydrogen (secondary N) is 1. The van der Waals surface area contributed by atoms with Gasteiger partial charge in [-0.25, -0.2) is 13.2 Å². The van der Waals surface area contributed by atoms with E-state index in [9.17, 15) is 13.2 Å². The topological polar surface area (TPSA) is 50.3 Å². The number of rotatable bonds is 5. The van der Waals surface area contributed by atoms with Gasteiger partial charge in [0.05, 0.1) is 11.8 Å². The molecule has 2 saturated heterocycles. The van der Waals surface area contributed by atoms with Crippen LogP contribution in [0, 0.1) is 34.7 Å². The van der Waals surface area contributed by atoms with Crippen molar-refractivity contribution in [2.75, 3.05) is 31.6 Å². The van der Waals surface area contributed by atoms with E-state index in [1.54, 1.807) is 12.1 Å². The molecular formula is C25H29F3N4O. The molecule has 1 aromatic carbocycles. The van der Waals surface area contributed by atoms with E-state index in [0.717, 1.165) is 38.6 Å². The lowest BCUT2D eigenvalue weighted by Crippen LogP contribution is -2.39. The number of halogens is 3. The van der Waals surface area contributed by atoms with Crippen LogP contribution in [0.25, 0.3) is 11.3 Å². The van der Waals surface area contributed by atoms with Crippen LogP contribution in [0.1, 0.15) is 38.5 Å². The van der Waals surface area contributed by atoms with Crippen molar-refractivity contribution in [3.05, 3.63) is 41.7 Å². The van der Waals surface area contributed by atoms with Crippen molar-refractivity contribution in [2.24, 2.45) is 17.3 Å². The van der Waals surface area contributed by atoms with Crippen molar-refractivity contribution in [1.82, 2.24) is 15.1 Å². The lowest BCUT2D eigenvalue weighted by Gasteiger charge is -2.33. The standard InChI is InChI=1S/C25H29F3N4O/c26-17-10-19(24(28)20(27)11-17)21-3-4-23(31-30-21)29-18-8-15-12-32(13-16(15)9-18)14-25-5-1-2-22(25)33-7-6-25/h3-4,10-11,15-16,18,22H,1-2,5-9,12-14H2,(H,29,31)/t15-,16+,18+,22-,25-/m1/s1. The highest BCUT2D eigenvalue weighted by molar-refractivity contribution is 5.60. The first-order valence-electron chi connectivity index (χ1n) is 12.1. The fraction of sp³-hybridized carbons (Fsp3) is 0.600. The Labute approximate surface area is 191 Å². The number of nitrogens with zero attached hydrogens (tertiary/aromatic N) is 3. The molecule has 2 aliphatic heterocycles. The highest BCUT2D eigenvalue weighted by atomic mass is 19.2. The maximum absolute atomic E-state index is 14.0. The van der Waals surface area contributed by atoms with E-state index < -0.39 is 17.5 Å². The molecule has 3 heterocycles. The monoisotopic (exact) mass is 458 g/mol. The lowest BCUT2D eigenvalue weighted by molar-refractivity contribution is 0.0521. The number of hydrogen-bond donors (Lipinski definition) is 1. The van der Waals surface area contributed by atoms with Gasteiger partial charge in [0.25, 0.3) is 0 Å². The molecule has 0 bridgehead atoms. The summed E-state index contributed by atoms with van der Waals surface area (Å²) >= 11 is 0. The van der Waals surface area contributed by atoms with E-state index in [2.05, 4.69) is 20.4 Å². The average Bonchev–Trinajstić information content (AvgIpc) is 3.52. The first kappa shape index (κ1) is 21.4. The number of ether oxygens (including phenoxy) is 1. The molecule has 5 atom stereocenters. The summed E-state index contributed by atoms with van der Waals surface area (Å²) in [4.78, 5) is 2.68. The summed E-state index contributed by atoms with van der Waals surface area (Å²) in [5.41, 5.74) is 0.284. The zero-order valence-electron chi connectivity index (χ0n) is 18.6. The Kier molecular flexibility index (Phi) is 5.33. The van der Waals surface area contributed by atoms with Gasteiger partial charge in [-0.3, -0.25) is 0 Å². The van der Waals surface area contributed by atoms with Crippen molar-refractivity contribution < 1.29 is 17.9 Å². The Morgan fingerprint density at radius 2 is 1.88 bits per heavy atom.